The Morgan fingerprint density at radius 2 is 1.70 bits per heavy atom. The van der Waals surface area contributed by atoms with Crippen LogP contribution in [0.25, 0.3) is 39.5 Å². The Kier molecular flexibility index (Phi) is 8.16. The molecule has 0 saturated carbocycles. The number of nitrogens with one attached hydrogen (secondary N) is 1. The van der Waals surface area contributed by atoms with Gasteiger partial charge in [-0.2, -0.15) is 0 Å². The van der Waals surface area contributed by atoms with Gasteiger partial charge in [-0.1, -0.05) is 48.5 Å². The van der Waals surface area contributed by atoms with E-state index in [-0.39, 0.29) is 28.8 Å². The monoisotopic (exact) mass is 623 g/mol. The van der Waals surface area contributed by atoms with E-state index in [2.05, 4.69) is 39.5 Å². The average molecular weight is 624 g/mol. The molecule has 3 aromatic heterocycles. The molecule has 0 bridgehead atoms. The van der Waals surface area contributed by atoms with Crippen LogP contribution >= 0.6 is 0 Å². The molecule has 4 heterocycles. The van der Waals surface area contributed by atoms with Crippen molar-refractivity contribution < 1.29 is 14.7 Å². The van der Waals surface area contributed by atoms with Crippen LogP contribution in [0.1, 0.15) is 39.1 Å². The highest BCUT2D eigenvalue weighted by Crippen LogP contribution is 2.32. The number of benzene rings is 3. The maximum atomic E-state index is 12.8. The van der Waals surface area contributed by atoms with Crippen molar-refractivity contribution in [2.24, 2.45) is 0 Å². The van der Waals surface area contributed by atoms with Gasteiger partial charge in [-0.3, -0.25) is 19.1 Å². The molecule has 1 fully saturated rings. The molecular formula is C37H33N7O3. The smallest absolute Gasteiger partial charge is 0.252 e. The van der Waals surface area contributed by atoms with Gasteiger partial charge in [-0.25, -0.2) is 15.0 Å². The van der Waals surface area contributed by atoms with Gasteiger partial charge >= 0.3 is 0 Å². The third-order valence-corrected chi connectivity index (χ3v) is 8.62. The molecule has 10 heteroatoms. The fourth-order valence-electron chi connectivity index (χ4n) is 6.14. The van der Waals surface area contributed by atoms with Crippen LogP contribution in [0.4, 0.5) is 5.82 Å². The Balaban J connectivity index is 1.09. The number of phenols is 1. The molecule has 234 valence electrons. The summed E-state index contributed by atoms with van der Waals surface area (Å²) in [6.45, 7) is 2.40. The highest BCUT2D eigenvalue weighted by atomic mass is 16.3. The summed E-state index contributed by atoms with van der Waals surface area (Å²) in [5.74, 6) is 0.531. The molecule has 0 radical (unpaired) electrons. The number of likely N-dealkylation sites (tertiary alicyclic amines) is 1. The second-order valence-electron chi connectivity index (χ2n) is 11.7. The SMILES string of the molecule is Nc1ncccc1-c1nc2ccc(-c3ccccc3)nc2n1-c1ccc(CN2CCC(NC(=O)c3cccc(O)c3C=O)CC2)cc1. The van der Waals surface area contributed by atoms with E-state index in [1.165, 1.54) is 6.07 Å². The van der Waals surface area contributed by atoms with E-state index in [0.29, 0.717) is 17.9 Å². The first-order valence-electron chi connectivity index (χ1n) is 15.5. The third kappa shape index (κ3) is 6.06. The molecule has 1 aliphatic heterocycles. The van der Waals surface area contributed by atoms with Crippen molar-refractivity contribution in [3.8, 4) is 34.1 Å². The van der Waals surface area contributed by atoms with Crippen LogP contribution in [0.2, 0.25) is 0 Å². The van der Waals surface area contributed by atoms with E-state index in [1.54, 1.807) is 18.3 Å². The van der Waals surface area contributed by atoms with Crippen molar-refractivity contribution in [3.05, 3.63) is 120 Å². The summed E-state index contributed by atoms with van der Waals surface area (Å²) >= 11 is 0. The molecule has 7 rings (SSSR count). The number of phenolic OH excluding ortho intramolecular Hbond substituents is 1. The zero-order chi connectivity index (χ0) is 32.3. The number of hydrogen-bond acceptors (Lipinski definition) is 8. The molecule has 3 aromatic carbocycles. The van der Waals surface area contributed by atoms with Crippen LogP contribution in [0.15, 0.2) is 103 Å². The number of rotatable bonds is 8. The van der Waals surface area contributed by atoms with Gasteiger partial charge in [-0.15, -0.1) is 0 Å². The van der Waals surface area contributed by atoms with Crippen molar-refractivity contribution in [2.45, 2.75) is 25.4 Å². The molecule has 6 aromatic rings. The second kappa shape index (κ2) is 12.9. The third-order valence-electron chi connectivity index (χ3n) is 8.62. The standard InChI is InChI=1S/C37H33N7O3/c38-34-29(9-5-19-39-34)35-42-32-16-15-31(25-6-2-1-3-7-25)41-36(32)44(35)27-13-11-24(12-14-27)22-43-20-17-26(18-21-43)40-37(47)28-8-4-10-33(46)30(28)23-45/h1-16,19,23,26,46H,17-18,20-22H2,(H2,38,39)(H,40,47). The molecular weight excluding hydrogens is 590 g/mol. The number of nitrogen functional groups attached to an aromatic ring is 1. The molecule has 4 N–H and O–H groups in total. The van der Waals surface area contributed by atoms with E-state index in [1.807, 2.05) is 59.2 Å². The summed E-state index contributed by atoms with van der Waals surface area (Å²) in [6, 6.07) is 30.7. The van der Waals surface area contributed by atoms with Crippen molar-refractivity contribution in [1.29, 1.82) is 0 Å². The minimum Gasteiger partial charge on any atom is -0.507 e. The number of anilines is 1. The van der Waals surface area contributed by atoms with Crippen LogP contribution in [0, 0.1) is 0 Å². The molecule has 1 aliphatic rings. The molecule has 1 saturated heterocycles. The lowest BCUT2D eigenvalue weighted by molar-refractivity contribution is 0.0903. The zero-order valence-electron chi connectivity index (χ0n) is 25.6. The van der Waals surface area contributed by atoms with Crippen molar-refractivity contribution in [1.82, 2.24) is 29.7 Å². The van der Waals surface area contributed by atoms with Gasteiger partial charge in [0.25, 0.3) is 5.91 Å². The molecule has 0 unspecified atom stereocenters. The lowest BCUT2D eigenvalue weighted by atomic mass is 10.0. The Labute approximate surface area is 271 Å². The quantitative estimate of drug-likeness (QED) is 0.185. The number of amides is 1. The van der Waals surface area contributed by atoms with Gasteiger partial charge in [0.2, 0.25) is 0 Å². The number of aldehydes is 1. The van der Waals surface area contributed by atoms with E-state index >= 15 is 0 Å². The fourth-order valence-corrected chi connectivity index (χ4v) is 6.14. The number of nitrogens with two attached hydrogens (primary N) is 1. The minimum atomic E-state index is -0.346. The van der Waals surface area contributed by atoms with Gasteiger partial charge in [0, 0.05) is 43.1 Å². The molecule has 0 aliphatic carbocycles. The first kappa shape index (κ1) is 29.8. The zero-order valence-corrected chi connectivity index (χ0v) is 25.6. The summed E-state index contributed by atoms with van der Waals surface area (Å²) < 4.78 is 2.04. The van der Waals surface area contributed by atoms with Gasteiger partial charge < -0.3 is 16.2 Å². The first-order chi connectivity index (χ1) is 23.0. The van der Waals surface area contributed by atoms with E-state index in [9.17, 15) is 14.7 Å². The maximum absolute atomic E-state index is 12.8. The summed E-state index contributed by atoms with van der Waals surface area (Å²) in [5, 5.41) is 13.0. The van der Waals surface area contributed by atoms with Crippen LogP contribution in [-0.2, 0) is 6.54 Å². The number of nitrogens with zero attached hydrogens (tertiary/aromatic N) is 5. The van der Waals surface area contributed by atoms with Crippen LogP contribution < -0.4 is 11.1 Å². The topological polar surface area (TPSA) is 139 Å². The Morgan fingerprint density at radius 1 is 0.915 bits per heavy atom. The highest BCUT2D eigenvalue weighted by molar-refractivity contribution is 6.03. The number of aromatic nitrogens is 4. The first-order valence-corrected chi connectivity index (χ1v) is 15.5. The molecule has 1 amide bonds. The summed E-state index contributed by atoms with van der Waals surface area (Å²) in [6.07, 6.45) is 3.75. The predicted molar refractivity (Wildman–Crippen MR) is 181 cm³/mol. The number of aromatic hydroxyl groups is 1. The van der Waals surface area contributed by atoms with Gasteiger partial charge in [-0.05, 0) is 66.9 Å². The number of pyridine rings is 2. The number of piperidine rings is 1. The fraction of sp³-hybridized carbons (Fsp3) is 0.162. The Bertz CT molecular complexity index is 2070. The number of carbonyl (C=O) groups excluding carboxylic acids is 2. The second-order valence-corrected chi connectivity index (χ2v) is 11.7. The molecule has 47 heavy (non-hydrogen) atoms. The summed E-state index contributed by atoms with van der Waals surface area (Å²) in [4.78, 5) is 40.9. The van der Waals surface area contributed by atoms with Crippen LogP contribution in [-0.4, -0.2) is 60.9 Å². The average Bonchev–Trinajstić information content (AvgIpc) is 3.48. The number of hydrogen-bond donors (Lipinski definition) is 3. The minimum absolute atomic E-state index is 0.0101. The van der Waals surface area contributed by atoms with Crippen molar-refractivity contribution in [3.63, 3.8) is 0 Å². The number of fused-ring (bicyclic) bond motifs is 1. The van der Waals surface area contributed by atoms with Crippen LogP contribution in [0.5, 0.6) is 5.75 Å². The van der Waals surface area contributed by atoms with E-state index in [4.69, 9.17) is 15.7 Å². The maximum Gasteiger partial charge on any atom is 0.252 e. The largest absolute Gasteiger partial charge is 0.507 e. The van der Waals surface area contributed by atoms with Crippen LogP contribution in [0.3, 0.4) is 0 Å². The highest BCUT2D eigenvalue weighted by Gasteiger charge is 2.24. The van der Waals surface area contributed by atoms with E-state index in [0.717, 1.165) is 71.7 Å². The molecule has 10 nitrogen and oxygen atoms in total. The Morgan fingerprint density at radius 3 is 2.45 bits per heavy atom. The van der Waals surface area contributed by atoms with Crippen molar-refractivity contribution in [2.75, 3.05) is 18.8 Å². The van der Waals surface area contributed by atoms with E-state index < -0.39 is 0 Å². The van der Waals surface area contributed by atoms with Crippen molar-refractivity contribution >= 4 is 29.2 Å². The van der Waals surface area contributed by atoms with Gasteiger partial charge in [0.1, 0.15) is 17.1 Å². The lowest BCUT2D eigenvalue weighted by Gasteiger charge is -2.32. The summed E-state index contributed by atoms with van der Waals surface area (Å²) in [7, 11) is 0. The molecule has 0 spiro atoms. The lowest BCUT2D eigenvalue weighted by Crippen LogP contribution is -2.44. The number of imidazole rings is 1. The number of carbonyl (C=O) groups is 2. The molecule has 0 atom stereocenters. The van der Waals surface area contributed by atoms with Gasteiger partial charge in [0.15, 0.2) is 17.8 Å². The normalized spacial score (nSPS) is 13.9. The summed E-state index contributed by atoms with van der Waals surface area (Å²) in [5.41, 5.74) is 12.7. The van der Waals surface area contributed by atoms with Gasteiger partial charge in [0.05, 0.1) is 22.4 Å². The predicted octanol–water partition coefficient (Wildman–Crippen LogP) is 5.64. The Hall–Kier alpha value is -5.87.